The number of esters is 1. The topological polar surface area (TPSA) is 96.0 Å². The van der Waals surface area contributed by atoms with E-state index in [0.717, 1.165) is 34.5 Å². The summed E-state index contributed by atoms with van der Waals surface area (Å²) >= 11 is 0. The average Bonchev–Trinajstić information content (AvgIpc) is 3.42. The number of methoxy groups -OCH3 is 1. The number of hydrogen-bond acceptors (Lipinski definition) is 7. The van der Waals surface area contributed by atoms with Crippen LogP contribution in [0.1, 0.15) is 19.4 Å². The van der Waals surface area contributed by atoms with Gasteiger partial charge in [0, 0.05) is 24.2 Å². The predicted molar refractivity (Wildman–Crippen MR) is 113 cm³/mol. The highest BCUT2D eigenvalue weighted by Crippen LogP contribution is 2.31. The Hall–Kier alpha value is -3.52. The van der Waals surface area contributed by atoms with Gasteiger partial charge in [-0.2, -0.15) is 5.21 Å². The predicted octanol–water partition coefficient (Wildman–Crippen LogP) is 2.73. The van der Waals surface area contributed by atoms with Gasteiger partial charge in [-0.05, 0) is 35.8 Å². The number of hydrazine groups is 1. The monoisotopic (exact) mass is 404 g/mol. The number of carbonyl (C=O) groups excluding carboxylic acids is 1. The summed E-state index contributed by atoms with van der Waals surface area (Å²) < 4.78 is 5.01. The maximum Gasteiger partial charge on any atom is 0.337 e. The quantitative estimate of drug-likeness (QED) is 0.610. The molecule has 1 atom stereocenters. The maximum atomic E-state index is 12.3. The number of benzene rings is 2. The van der Waals surface area contributed by atoms with Gasteiger partial charge in [-0.3, -0.25) is 0 Å². The van der Waals surface area contributed by atoms with Crippen molar-refractivity contribution in [2.45, 2.75) is 26.3 Å². The maximum absolute atomic E-state index is 12.3. The van der Waals surface area contributed by atoms with E-state index in [-0.39, 0.29) is 12.0 Å². The Morgan fingerprint density at radius 1 is 1.13 bits per heavy atom. The number of likely N-dealkylation sites (N-methyl/N-ethyl adjacent to an activating group) is 1. The molecular formula is C22H24N6O2. The molecule has 0 bridgehead atoms. The number of rotatable bonds is 6. The van der Waals surface area contributed by atoms with Crippen LogP contribution in [-0.2, 0) is 16.0 Å². The number of hydrogen-bond donors (Lipinski definition) is 2. The molecule has 0 saturated heterocycles. The molecule has 1 aliphatic heterocycles. The second-order valence-corrected chi connectivity index (χ2v) is 7.10. The fourth-order valence-electron chi connectivity index (χ4n) is 3.85. The van der Waals surface area contributed by atoms with Crippen molar-refractivity contribution in [3.05, 3.63) is 65.4 Å². The van der Waals surface area contributed by atoms with Crippen LogP contribution >= 0.6 is 0 Å². The molecule has 1 aromatic heterocycles. The molecule has 154 valence electrons. The molecule has 2 heterocycles. The van der Waals surface area contributed by atoms with Gasteiger partial charge in [-0.1, -0.05) is 48.5 Å². The molecule has 3 aromatic rings. The van der Waals surface area contributed by atoms with Crippen molar-refractivity contribution in [3.8, 4) is 22.5 Å². The van der Waals surface area contributed by atoms with Crippen LogP contribution in [0.25, 0.3) is 22.5 Å². The Morgan fingerprint density at radius 2 is 1.87 bits per heavy atom. The summed E-state index contributed by atoms with van der Waals surface area (Å²) in [6, 6.07) is 16.2. The molecule has 0 aliphatic carbocycles. The van der Waals surface area contributed by atoms with Crippen LogP contribution in [-0.4, -0.2) is 51.3 Å². The average molecular weight is 404 g/mol. The van der Waals surface area contributed by atoms with Crippen molar-refractivity contribution in [1.29, 1.82) is 0 Å². The number of ether oxygens (including phenoxy) is 1. The van der Waals surface area contributed by atoms with Crippen molar-refractivity contribution >= 4 is 5.97 Å². The fraction of sp³-hybridized carbons (Fsp3) is 0.273. The van der Waals surface area contributed by atoms with Gasteiger partial charge in [0.15, 0.2) is 0 Å². The summed E-state index contributed by atoms with van der Waals surface area (Å²) in [5.74, 6) is 0.277. The number of nitrogens with one attached hydrogen (secondary N) is 2. The lowest BCUT2D eigenvalue weighted by molar-refractivity contribution is -0.136. The fourth-order valence-corrected chi connectivity index (χ4v) is 3.85. The van der Waals surface area contributed by atoms with E-state index in [1.807, 2.05) is 36.2 Å². The van der Waals surface area contributed by atoms with Crippen molar-refractivity contribution in [2.24, 2.45) is 0 Å². The summed E-state index contributed by atoms with van der Waals surface area (Å²) in [6.07, 6.45) is 0.641. The molecule has 0 amide bonds. The summed E-state index contributed by atoms with van der Waals surface area (Å²) in [4.78, 5) is 12.3. The Bertz CT molecular complexity index is 1060. The molecule has 4 rings (SSSR count). The zero-order chi connectivity index (χ0) is 21.1. The molecule has 2 N–H and O–H groups in total. The third-order valence-corrected chi connectivity index (χ3v) is 5.29. The third-order valence-electron chi connectivity index (χ3n) is 5.29. The first-order valence-corrected chi connectivity index (χ1v) is 9.89. The van der Waals surface area contributed by atoms with Gasteiger partial charge < -0.3 is 9.75 Å². The van der Waals surface area contributed by atoms with Gasteiger partial charge in [-0.25, -0.2) is 10.2 Å². The van der Waals surface area contributed by atoms with Crippen molar-refractivity contribution < 1.29 is 9.53 Å². The molecule has 30 heavy (non-hydrogen) atoms. The minimum absolute atomic E-state index is 0.0755. The van der Waals surface area contributed by atoms with Crippen LogP contribution in [0.15, 0.2) is 59.8 Å². The lowest BCUT2D eigenvalue weighted by Crippen LogP contribution is -2.36. The first-order chi connectivity index (χ1) is 14.6. The standard InChI is InChI=1S/C22H24N6O2/c1-4-28-19(20(14(2)25-28)22(29)30-3)13-15-9-11-16(12-10-15)17-7-5-6-8-18(17)21-23-26-27-24-21/h5-12,14,25H,4,13H2,1-3H3,(H,23,24,26,27). The van der Waals surface area contributed by atoms with Gasteiger partial charge in [-0.15, -0.1) is 10.2 Å². The number of carbonyl (C=O) groups is 1. The Kier molecular flexibility index (Phi) is 5.58. The van der Waals surface area contributed by atoms with E-state index >= 15 is 0 Å². The van der Waals surface area contributed by atoms with Crippen molar-refractivity contribution in [1.82, 2.24) is 31.1 Å². The Balaban J connectivity index is 1.64. The second kappa shape index (κ2) is 8.46. The van der Waals surface area contributed by atoms with Crippen LogP contribution in [0.3, 0.4) is 0 Å². The molecule has 0 saturated carbocycles. The Morgan fingerprint density at radius 3 is 2.50 bits per heavy atom. The molecule has 8 nitrogen and oxygen atoms in total. The molecule has 1 aliphatic rings. The van der Waals surface area contributed by atoms with Crippen LogP contribution in [0.4, 0.5) is 0 Å². The van der Waals surface area contributed by atoms with Gasteiger partial charge >= 0.3 is 5.97 Å². The zero-order valence-corrected chi connectivity index (χ0v) is 17.2. The molecule has 8 heteroatoms. The highest BCUT2D eigenvalue weighted by molar-refractivity contribution is 5.91. The molecule has 0 fully saturated rings. The number of H-pyrrole nitrogens is 1. The van der Waals surface area contributed by atoms with Gasteiger partial charge in [0.25, 0.3) is 0 Å². The van der Waals surface area contributed by atoms with Gasteiger partial charge in [0.2, 0.25) is 5.82 Å². The summed E-state index contributed by atoms with van der Waals surface area (Å²) in [6.45, 7) is 4.79. The number of tetrazole rings is 1. The molecular weight excluding hydrogens is 380 g/mol. The summed E-state index contributed by atoms with van der Waals surface area (Å²) in [5.41, 5.74) is 9.10. The second-order valence-electron chi connectivity index (χ2n) is 7.10. The number of allylic oxidation sites excluding steroid dienone is 1. The first kappa shape index (κ1) is 19.8. The largest absolute Gasteiger partial charge is 0.466 e. The van der Waals surface area contributed by atoms with E-state index in [1.54, 1.807) is 0 Å². The molecule has 0 spiro atoms. The van der Waals surface area contributed by atoms with Crippen LogP contribution in [0.2, 0.25) is 0 Å². The third kappa shape index (κ3) is 3.69. The van der Waals surface area contributed by atoms with Crippen LogP contribution in [0.5, 0.6) is 0 Å². The number of nitrogens with zero attached hydrogens (tertiary/aromatic N) is 4. The molecule has 2 aromatic carbocycles. The van der Waals surface area contributed by atoms with Crippen molar-refractivity contribution in [2.75, 3.05) is 13.7 Å². The van der Waals surface area contributed by atoms with Crippen molar-refractivity contribution in [3.63, 3.8) is 0 Å². The van der Waals surface area contributed by atoms with E-state index in [2.05, 4.69) is 57.2 Å². The number of aromatic amines is 1. The highest BCUT2D eigenvalue weighted by Gasteiger charge is 2.32. The van der Waals surface area contributed by atoms with Gasteiger partial charge in [0.05, 0.1) is 18.7 Å². The van der Waals surface area contributed by atoms with E-state index in [0.29, 0.717) is 17.8 Å². The lowest BCUT2D eigenvalue weighted by atomic mass is 9.96. The molecule has 0 radical (unpaired) electrons. The minimum Gasteiger partial charge on any atom is -0.466 e. The lowest BCUT2D eigenvalue weighted by Gasteiger charge is -2.21. The van der Waals surface area contributed by atoms with E-state index in [1.165, 1.54) is 7.11 Å². The molecule has 1 unspecified atom stereocenters. The summed E-state index contributed by atoms with van der Waals surface area (Å²) in [5, 5.41) is 16.4. The smallest absolute Gasteiger partial charge is 0.337 e. The van der Waals surface area contributed by atoms with Gasteiger partial charge in [0.1, 0.15) is 0 Å². The highest BCUT2D eigenvalue weighted by atomic mass is 16.5. The first-order valence-electron chi connectivity index (χ1n) is 9.89. The van der Waals surface area contributed by atoms with E-state index in [4.69, 9.17) is 4.74 Å². The van der Waals surface area contributed by atoms with E-state index < -0.39 is 0 Å². The SMILES string of the molecule is CCN1NC(C)C(C(=O)OC)=C1Cc1ccc(-c2ccccc2-c2nn[nH]n2)cc1. The van der Waals surface area contributed by atoms with E-state index in [9.17, 15) is 4.79 Å². The Labute approximate surface area is 174 Å². The normalized spacial score (nSPS) is 16.2. The van der Waals surface area contributed by atoms with Crippen LogP contribution < -0.4 is 5.43 Å². The minimum atomic E-state index is -0.286. The zero-order valence-electron chi connectivity index (χ0n) is 17.2. The van der Waals surface area contributed by atoms with Crippen LogP contribution in [0, 0.1) is 0 Å². The summed E-state index contributed by atoms with van der Waals surface area (Å²) in [7, 11) is 1.42. The number of aromatic nitrogens is 4.